The zero-order chi connectivity index (χ0) is 18.8. The molecule has 1 amide bonds. The standard InChI is InChI=1S/C21H25N5O/c1-16-14-18(19-15-22-24(2)20(19)23-16)21(27)26-12-10-25(11-13-26)9-8-17-6-4-3-5-7-17/h3-7,14-15H,8-13H2,1-2H3. The van der Waals surface area contributed by atoms with Crippen molar-refractivity contribution in [2.45, 2.75) is 13.3 Å². The van der Waals surface area contributed by atoms with Crippen LogP contribution in [-0.4, -0.2) is 63.2 Å². The quantitative estimate of drug-likeness (QED) is 0.714. The van der Waals surface area contributed by atoms with Crippen LogP contribution in [0.3, 0.4) is 0 Å². The molecule has 4 rings (SSSR count). The van der Waals surface area contributed by atoms with Crippen molar-refractivity contribution in [3.63, 3.8) is 0 Å². The number of fused-ring (bicyclic) bond motifs is 1. The summed E-state index contributed by atoms with van der Waals surface area (Å²) >= 11 is 0. The van der Waals surface area contributed by atoms with Gasteiger partial charge in [-0.3, -0.25) is 14.4 Å². The molecule has 6 heteroatoms. The minimum Gasteiger partial charge on any atom is -0.336 e. The predicted molar refractivity (Wildman–Crippen MR) is 106 cm³/mol. The van der Waals surface area contributed by atoms with Gasteiger partial charge in [0, 0.05) is 45.5 Å². The average Bonchev–Trinajstić information content (AvgIpc) is 3.07. The predicted octanol–water partition coefficient (Wildman–Crippen LogP) is 2.28. The normalized spacial score (nSPS) is 15.4. The lowest BCUT2D eigenvalue weighted by Gasteiger charge is -2.35. The van der Waals surface area contributed by atoms with E-state index in [1.807, 2.05) is 31.0 Å². The number of amides is 1. The third kappa shape index (κ3) is 3.71. The van der Waals surface area contributed by atoms with Gasteiger partial charge in [0.05, 0.1) is 17.1 Å². The van der Waals surface area contributed by atoms with Gasteiger partial charge in [-0.2, -0.15) is 5.10 Å². The van der Waals surface area contributed by atoms with Gasteiger partial charge in [-0.05, 0) is 25.0 Å². The Bertz CT molecular complexity index is 942. The summed E-state index contributed by atoms with van der Waals surface area (Å²) in [7, 11) is 1.86. The fourth-order valence-electron chi connectivity index (χ4n) is 3.69. The second kappa shape index (κ2) is 7.48. The molecule has 3 heterocycles. The first kappa shape index (κ1) is 17.7. The van der Waals surface area contributed by atoms with Crippen molar-refractivity contribution in [3.8, 4) is 0 Å². The lowest BCUT2D eigenvalue weighted by molar-refractivity contribution is 0.0640. The lowest BCUT2D eigenvalue weighted by Crippen LogP contribution is -2.49. The molecular weight excluding hydrogens is 338 g/mol. The third-order valence-corrected chi connectivity index (χ3v) is 5.28. The molecule has 0 unspecified atom stereocenters. The van der Waals surface area contributed by atoms with E-state index in [1.165, 1.54) is 5.56 Å². The van der Waals surface area contributed by atoms with Crippen LogP contribution in [0.5, 0.6) is 0 Å². The first-order valence-corrected chi connectivity index (χ1v) is 9.47. The van der Waals surface area contributed by atoms with Gasteiger partial charge in [0.1, 0.15) is 0 Å². The molecule has 0 saturated carbocycles. The molecule has 1 aromatic carbocycles. The number of aromatic nitrogens is 3. The second-order valence-electron chi connectivity index (χ2n) is 7.19. The largest absolute Gasteiger partial charge is 0.336 e. The van der Waals surface area contributed by atoms with E-state index in [0.29, 0.717) is 5.56 Å². The number of aryl methyl sites for hydroxylation is 2. The van der Waals surface area contributed by atoms with Gasteiger partial charge in [-0.25, -0.2) is 4.98 Å². The molecule has 1 aliphatic rings. The highest BCUT2D eigenvalue weighted by Crippen LogP contribution is 2.20. The molecule has 0 aliphatic carbocycles. The maximum atomic E-state index is 13.1. The van der Waals surface area contributed by atoms with Gasteiger partial charge in [0.15, 0.2) is 5.65 Å². The zero-order valence-corrected chi connectivity index (χ0v) is 15.9. The number of hydrogen-bond donors (Lipinski definition) is 0. The van der Waals surface area contributed by atoms with Crippen molar-refractivity contribution < 1.29 is 4.79 Å². The number of carbonyl (C=O) groups excluding carboxylic acids is 1. The number of benzene rings is 1. The van der Waals surface area contributed by atoms with Crippen LogP contribution in [0, 0.1) is 6.92 Å². The minimum absolute atomic E-state index is 0.0845. The highest BCUT2D eigenvalue weighted by Gasteiger charge is 2.24. The summed E-state index contributed by atoms with van der Waals surface area (Å²) in [6.45, 7) is 6.31. The van der Waals surface area contributed by atoms with Crippen LogP contribution in [0.1, 0.15) is 21.6 Å². The van der Waals surface area contributed by atoms with Crippen LogP contribution < -0.4 is 0 Å². The summed E-state index contributed by atoms with van der Waals surface area (Å²) in [4.78, 5) is 22.0. The molecule has 3 aromatic rings. The molecule has 1 saturated heterocycles. The maximum Gasteiger partial charge on any atom is 0.254 e. The van der Waals surface area contributed by atoms with Crippen molar-refractivity contribution in [1.29, 1.82) is 0 Å². The summed E-state index contributed by atoms with van der Waals surface area (Å²) < 4.78 is 1.72. The van der Waals surface area contributed by atoms with E-state index >= 15 is 0 Å². The van der Waals surface area contributed by atoms with E-state index in [4.69, 9.17) is 0 Å². The van der Waals surface area contributed by atoms with E-state index < -0.39 is 0 Å². The highest BCUT2D eigenvalue weighted by molar-refractivity contribution is 6.05. The molecule has 0 atom stereocenters. The Morgan fingerprint density at radius 3 is 2.59 bits per heavy atom. The summed E-state index contributed by atoms with van der Waals surface area (Å²) in [6, 6.07) is 12.4. The van der Waals surface area contributed by atoms with Gasteiger partial charge >= 0.3 is 0 Å². The van der Waals surface area contributed by atoms with Crippen molar-refractivity contribution in [3.05, 3.63) is 59.4 Å². The highest BCUT2D eigenvalue weighted by atomic mass is 16.2. The summed E-state index contributed by atoms with van der Waals surface area (Å²) in [5, 5.41) is 5.10. The number of carbonyl (C=O) groups is 1. The van der Waals surface area contributed by atoms with Crippen molar-refractivity contribution in [1.82, 2.24) is 24.6 Å². The molecule has 140 valence electrons. The topological polar surface area (TPSA) is 54.3 Å². The monoisotopic (exact) mass is 363 g/mol. The van der Waals surface area contributed by atoms with E-state index in [-0.39, 0.29) is 5.91 Å². The van der Waals surface area contributed by atoms with Gasteiger partial charge in [0.25, 0.3) is 5.91 Å². The van der Waals surface area contributed by atoms with Crippen molar-refractivity contribution in [2.75, 3.05) is 32.7 Å². The van der Waals surface area contributed by atoms with E-state index in [9.17, 15) is 4.79 Å². The number of nitrogens with zero attached hydrogens (tertiary/aromatic N) is 5. The molecule has 2 aromatic heterocycles. The van der Waals surface area contributed by atoms with Gasteiger partial charge in [-0.1, -0.05) is 30.3 Å². The Labute approximate surface area is 159 Å². The Kier molecular flexibility index (Phi) is 4.90. The molecule has 0 N–H and O–H groups in total. The van der Waals surface area contributed by atoms with E-state index in [0.717, 1.165) is 55.9 Å². The summed E-state index contributed by atoms with van der Waals surface area (Å²) in [5.41, 5.74) is 3.68. The van der Waals surface area contributed by atoms with Crippen LogP contribution in [-0.2, 0) is 13.5 Å². The fraction of sp³-hybridized carbons (Fsp3) is 0.381. The molecule has 27 heavy (non-hydrogen) atoms. The first-order valence-electron chi connectivity index (χ1n) is 9.47. The Balaban J connectivity index is 1.40. The number of rotatable bonds is 4. The molecule has 0 radical (unpaired) electrons. The smallest absolute Gasteiger partial charge is 0.254 e. The molecule has 0 spiro atoms. The minimum atomic E-state index is 0.0845. The van der Waals surface area contributed by atoms with Gasteiger partial charge < -0.3 is 4.90 Å². The van der Waals surface area contributed by atoms with Crippen molar-refractivity contribution >= 4 is 16.9 Å². The number of piperazine rings is 1. The molecular formula is C21H25N5O. The third-order valence-electron chi connectivity index (χ3n) is 5.28. The van der Waals surface area contributed by atoms with Crippen LogP contribution in [0.4, 0.5) is 0 Å². The molecule has 1 aliphatic heterocycles. The van der Waals surface area contributed by atoms with Gasteiger partial charge in [-0.15, -0.1) is 0 Å². The number of hydrogen-bond acceptors (Lipinski definition) is 4. The zero-order valence-electron chi connectivity index (χ0n) is 15.9. The van der Waals surface area contributed by atoms with Crippen LogP contribution >= 0.6 is 0 Å². The van der Waals surface area contributed by atoms with Crippen LogP contribution in [0.2, 0.25) is 0 Å². The fourth-order valence-corrected chi connectivity index (χ4v) is 3.69. The Morgan fingerprint density at radius 1 is 1.11 bits per heavy atom. The van der Waals surface area contributed by atoms with E-state index in [1.54, 1.807) is 10.9 Å². The second-order valence-corrected chi connectivity index (χ2v) is 7.19. The van der Waals surface area contributed by atoms with Crippen LogP contribution in [0.15, 0.2) is 42.6 Å². The SMILES string of the molecule is Cc1cc(C(=O)N2CCN(CCc3ccccc3)CC2)c2cnn(C)c2n1. The Morgan fingerprint density at radius 2 is 1.85 bits per heavy atom. The summed E-state index contributed by atoms with van der Waals surface area (Å²) in [5.74, 6) is 0.0845. The number of pyridine rings is 1. The van der Waals surface area contributed by atoms with Crippen molar-refractivity contribution in [2.24, 2.45) is 7.05 Å². The van der Waals surface area contributed by atoms with Crippen LogP contribution in [0.25, 0.3) is 11.0 Å². The summed E-state index contributed by atoms with van der Waals surface area (Å²) in [6.07, 6.45) is 2.79. The Hall–Kier alpha value is -2.73. The first-order chi connectivity index (χ1) is 13.1. The van der Waals surface area contributed by atoms with Gasteiger partial charge in [0.2, 0.25) is 0 Å². The molecule has 6 nitrogen and oxygen atoms in total. The molecule has 1 fully saturated rings. The molecule has 0 bridgehead atoms. The van der Waals surface area contributed by atoms with E-state index in [2.05, 4.69) is 39.2 Å². The maximum absolute atomic E-state index is 13.1. The lowest BCUT2D eigenvalue weighted by atomic mass is 10.1. The average molecular weight is 363 g/mol.